The van der Waals surface area contributed by atoms with E-state index in [1.54, 1.807) is 6.26 Å². The Bertz CT molecular complexity index is 236. The normalized spacial score (nSPS) is 13.7. The molecule has 0 saturated carbocycles. The predicted octanol–water partition coefficient (Wildman–Crippen LogP) is 8.04. The molecule has 0 bridgehead atoms. The molecule has 0 aliphatic carbocycles. The Morgan fingerprint density at radius 1 is 0.696 bits per heavy atom. The van der Waals surface area contributed by atoms with Gasteiger partial charge in [-0.3, -0.25) is 0 Å². The first-order chi connectivity index (χ1) is 11.3. The van der Waals surface area contributed by atoms with Gasteiger partial charge in [-0.1, -0.05) is 104 Å². The molecule has 0 rings (SSSR count). The summed E-state index contributed by atoms with van der Waals surface area (Å²) in [6, 6.07) is 0. The highest BCUT2D eigenvalue weighted by atomic mass is 16.5. The van der Waals surface area contributed by atoms with E-state index in [0.29, 0.717) is 6.10 Å². The maximum absolute atomic E-state index is 5.83. The van der Waals surface area contributed by atoms with Gasteiger partial charge in [-0.2, -0.15) is 0 Å². The SMILES string of the molecule is C=COC(CCCCCCCCC)CC(CCC)CCCCC. The molecule has 138 valence electrons. The molecule has 0 fully saturated rings. The lowest BCUT2D eigenvalue weighted by Gasteiger charge is -2.23. The van der Waals surface area contributed by atoms with E-state index in [0.717, 1.165) is 5.92 Å². The second kappa shape index (κ2) is 17.9. The number of hydrogen-bond acceptors (Lipinski definition) is 1. The molecule has 0 aliphatic rings. The van der Waals surface area contributed by atoms with Crippen LogP contribution in [0.25, 0.3) is 0 Å². The maximum atomic E-state index is 5.83. The Labute approximate surface area is 147 Å². The highest BCUT2D eigenvalue weighted by Gasteiger charge is 2.16. The summed E-state index contributed by atoms with van der Waals surface area (Å²) in [6.07, 6.45) is 22.3. The molecular formula is C22H44O. The van der Waals surface area contributed by atoms with Crippen molar-refractivity contribution in [2.75, 3.05) is 0 Å². The molecule has 23 heavy (non-hydrogen) atoms. The van der Waals surface area contributed by atoms with Crippen LogP contribution in [0.1, 0.15) is 117 Å². The monoisotopic (exact) mass is 324 g/mol. The van der Waals surface area contributed by atoms with E-state index in [9.17, 15) is 0 Å². The lowest BCUT2D eigenvalue weighted by atomic mass is 9.89. The lowest BCUT2D eigenvalue weighted by molar-refractivity contribution is 0.102. The van der Waals surface area contributed by atoms with E-state index in [1.165, 1.54) is 96.3 Å². The van der Waals surface area contributed by atoms with Crippen LogP contribution in [-0.4, -0.2) is 6.10 Å². The van der Waals surface area contributed by atoms with E-state index >= 15 is 0 Å². The highest BCUT2D eigenvalue weighted by Crippen LogP contribution is 2.25. The molecule has 0 radical (unpaired) electrons. The molecule has 2 unspecified atom stereocenters. The van der Waals surface area contributed by atoms with E-state index in [4.69, 9.17) is 4.74 Å². The van der Waals surface area contributed by atoms with Crippen LogP contribution < -0.4 is 0 Å². The average molecular weight is 325 g/mol. The van der Waals surface area contributed by atoms with E-state index in [2.05, 4.69) is 27.4 Å². The second-order valence-electron chi connectivity index (χ2n) is 7.22. The quantitative estimate of drug-likeness (QED) is 0.183. The summed E-state index contributed by atoms with van der Waals surface area (Å²) in [7, 11) is 0. The summed E-state index contributed by atoms with van der Waals surface area (Å²) in [5, 5.41) is 0. The first kappa shape index (κ1) is 22.5. The summed E-state index contributed by atoms with van der Waals surface area (Å²) in [5.74, 6) is 0.848. The largest absolute Gasteiger partial charge is 0.499 e. The van der Waals surface area contributed by atoms with Crippen molar-refractivity contribution in [2.24, 2.45) is 5.92 Å². The Hall–Kier alpha value is -0.460. The lowest BCUT2D eigenvalue weighted by Crippen LogP contribution is -2.16. The highest BCUT2D eigenvalue weighted by molar-refractivity contribution is 4.70. The maximum Gasteiger partial charge on any atom is 0.0980 e. The van der Waals surface area contributed by atoms with Crippen LogP contribution in [0.2, 0.25) is 0 Å². The first-order valence-corrected chi connectivity index (χ1v) is 10.5. The minimum absolute atomic E-state index is 0.404. The molecule has 0 heterocycles. The molecule has 0 amide bonds. The van der Waals surface area contributed by atoms with Crippen LogP contribution in [0.5, 0.6) is 0 Å². The first-order valence-electron chi connectivity index (χ1n) is 10.5. The molecule has 1 nitrogen and oxygen atoms in total. The van der Waals surface area contributed by atoms with Crippen molar-refractivity contribution in [1.82, 2.24) is 0 Å². The van der Waals surface area contributed by atoms with Crippen LogP contribution in [0, 0.1) is 5.92 Å². The summed E-state index contributed by atoms with van der Waals surface area (Å²) < 4.78 is 5.83. The van der Waals surface area contributed by atoms with Gasteiger partial charge in [0.05, 0.1) is 12.4 Å². The molecule has 0 aromatic carbocycles. The van der Waals surface area contributed by atoms with Crippen molar-refractivity contribution in [1.29, 1.82) is 0 Å². The minimum Gasteiger partial charge on any atom is -0.499 e. The summed E-state index contributed by atoms with van der Waals surface area (Å²) in [4.78, 5) is 0. The predicted molar refractivity (Wildman–Crippen MR) is 105 cm³/mol. The van der Waals surface area contributed by atoms with Gasteiger partial charge < -0.3 is 4.74 Å². The van der Waals surface area contributed by atoms with Crippen molar-refractivity contribution in [3.63, 3.8) is 0 Å². The minimum atomic E-state index is 0.404. The van der Waals surface area contributed by atoms with E-state index < -0.39 is 0 Å². The number of rotatable bonds is 18. The van der Waals surface area contributed by atoms with Crippen LogP contribution in [0.4, 0.5) is 0 Å². The molecule has 0 N–H and O–H groups in total. The van der Waals surface area contributed by atoms with Crippen molar-refractivity contribution >= 4 is 0 Å². The Morgan fingerprint density at radius 3 is 1.87 bits per heavy atom. The average Bonchev–Trinajstić information content (AvgIpc) is 2.54. The Morgan fingerprint density at radius 2 is 1.26 bits per heavy atom. The van der Waals surface area contributed by atoms with Gasteiger partial charge in [-0.15, -0.1) is 0 Å². The third-order valence-corrected chi connectivity index (χ3v) is 4.93. The fraction of sp³-hybridized carbons (Fsp3) is 0.909. The van der Waals surface area contributed by atoms with Gasteiger partial charge in [0.2, 0.25) is 0 Å². The molecule has 1 heteroatoms. The molecule has 0 aromatic rings. The molecular weight excluding hydrogens is 280 g/mol. The topological polar surface area (TPSA) is 9.23 Å². The summed E-state index contributed by atoms with van der Waals surface area (Å²) in [5.41, 5.74) is 0. The zero-order chi connectivity index (χ0) is 17.2. The summed E-state index contributed by atoms with van der Waals surface area (Å²) >= 11 is 0. The molecule has 0 saturated heterocycles. The van der Waals surface area contributed by atoms with Crippen molar-refractivity contribution < 1.29 is 4.74 Å². The van der Waals surface area contributed by atoms with Crippen LogP contribution in [0.3, 0.4) is 0 Å². The van der Waals surface area contributed by atoms with Crippen molar-refractivity contribution in [3.8, 4) is 0 Å². The van der Waals surface area contributed by atoms with Gasteiger partial charge in [-0.25, -0.2) is 0 Å². The van der Waals surface area contributed by atoms with Crippen LogP contribution in [0.15, 0.2) is 12.8 Å². The van der Waals surface area contributed by atoms with Gasteiger partial charge in [-0.05, 0) is 25.2 Å². The third kappa shape index (κ3) is 14.8. The number of hydrogen-bond donors (Lipinski definition) is 0. The smallest absolute Gasteiger partial charge is 0.0980 e. The van der Waals surface area contributed by atoms with E-state index in [1.807, 2.05) is 0 Å². The molecule has 0 aromatic heterocycles. The fourth-order valence-electron chi connectivity index (χ4n) is 3.55. The van der Waals surface area contributed by atoms with Gasteiger partial charge in [0.25, 0.3) is 0 Å². The van der Waals surface area contributed by atoms with Crippen LogP contribution in [-0.2, 0) is 4.74 Å². The number of unbranched alkanes of at least 4 members (excludes halogenated alkanes) is 8. The third-order valence-electron chi connectivity index (χ3n) is 4.93. The second-order valence-corrected chi connectivity index (χ2v) is 7.22. The zero-order valence-corrected chi connectivity index (χ0v) is 16.5. The van der Waals surface area contributed by atoms with Crippen LogP contribution >= 0.6 is 0 Å². The number of ether oxygens (including phenoxy) is 1. The van der Waals surface area contributed by atoms with Gasteiger partial charge >= 0.3 is 0 Å². The Kier molecular flexibility index (Phi) is 17.5. The Balaban J connectivity index is 3.96. The van der Waals surface area contributed by atoms with Crippen molar-refractivity contribution in [2.45, 2.75) is 123 Å². The molecule has 0 spiro atoms. The standard InChI is InChI=1S/C22H44O/c1-5-9-11-12-13-14-16-19-22(23-8-4)20-21(17-7-3)18-15-10-6-2/h8,21-22H,4-7,9-20H2,1-3H3. The molecule has 0 aliphatic heterocycles. The summed E-state index contributed by atoms with van der Waals surface area (Å²) in [6.45, 7) is 10.7. The fourth-order valence-corrected chi connectivity index (χ4v) is 3.55. The van der Waals surface area contributed by atoms with E-state index in [-0.39, 0.29) is 0 Å². The van der Waals surface area contributed by atoms with Gasteiger partial charge in [0.1, 0.15) is 0 Å². The molecule has 2 atom stereocenters. The van der Waals surface area contributed by atoms with Gasteiger partial charge in [0.15, 0.2) is 0 Å². The van der Waals surface area contributed by atoms with Gasteiger partial charge in [0, 0.05) is 0 Å². The zero-order valence-electron chi connectivity index (χ0n) is 16.5. The van der Waals surface area contributed by atoms with Crippen molar-refractivity contribution in [3.05, 3.63) is 12.8 Å².